The highest BCUT2D eigenvalue weighted by molar-refractivity contribution is 8.77. The van der Waals surface area contributed by atoms with Gasteiger partial charge in [0.25, 0.3) is 0 Å². The molecule has 1 fully saturated rings. The molecule has 0 aromatic carbocycles. The maximum atomic E-state index is 10.3. The van der Waals surface area contributed by atoms with Crippen LogP contribution in [-0.2, 0) is 4.79 Å². The molecular weight excluding hydrogens is 176 g/mol. The molecule has 0 amide bonds. The fraction of sp³-hybridized carbons (Fsp3) is 0.800. The summed E-state index contributed by atoms with van der Waals surface area (Å²) in [5, 5.41) is 0.287. The Labute approximate surface area is 67.3 Å². The molecule has 0 saturated carbocycles. The molecule has 0 spiro atoms. The summed E-state index contributed by atoms with van der Waals surface area (Å²) in [6.45, 7) is 0. The second kappa shape index (κ2) is 3.74. The normalized spacial score (nSPS) is 26.6. The first-order chi connectivity index (χ1) is 4.29. The molecular formula is C5H7ClOS2. The molecule has 1 atom stereocenters. The lowest BCUT2D eigenvalue weighted by molar-refractivity contribution is -0.111. The molecule has 1 heterocycles. The van der Waals surface area contributed by atoms with Gasteiger partial charge in [0.2, 0.25) is 5.24 Å². The average molecular weight is 183 g/mol. The summed E-state index contributed by atoms with van der Waals surface area (Å²) in [5.41, 5.74) is 0. The van der Waals surface area contributed by atoms with Crippen molar-refractivity contribution in [1.29, 1.82) is 0 Å². The Morgan fingerprint density at radius 1 is 1.78 bits per heavy atom. The number of carbonyl (C=O) groups is 1. The van der Waals surface area contributed by atoms with Crippen LogP contribution in [0.1, 0.15) is 12.8 Å². The van der Waals surface area contributed by atoms with Crippen LogP contribution in [0.25, 0.3) is 0 Å². The minimum Gasteiger partial charge on any atom is -0.281 e. The topological polar surface area (TPSA) is 17.1 Å². The molecule has 0 aromatic rings. The molecule has 0 bridgehead atoms. The molecule has 1 unspecified atom stereocenters. The lowest BCUT2D eigenvalue weighted by atomic mass is 10.3. The van der Waals surface area contributed by atoms with E-state index in [2.05, 4.69) is 0 Å². The van der Waals surface area contributed by atoms with E-state index in [1.165, 1.54) is 5.75 Å². The number of hydrogen-bond donors (Lipinski definition) is 0. The van der Waals surface area contributed by atoms with Gasteiger partial charge in [-0.2, -0.15) is 0 Å². The lowest BCUT2D eigenvalue weighted by Crippen LogP contribution is -2.01. The summed E-state index contributed by atoms with van der Waals surface area (Å²) in [6.07, 6.45) is 1.67. The van der Waals surface area contributed by atoms with Gasteiger partial charge in [-0.05, 0) is 18.0 Å². The van der Waals surface area contributed by atoms with Gasteiger partial charge in [0.1, 0.15) is 0 Å². The van der Waals surface area contributed by atoms with Crippen molar-refractivity contribution >= 4 is 38.4 Å². The molecule has 1 nitrogen and oxygen atoms in total. The van der Waals surface area contributed by atoms with Crippen LogP contribution in [0.2, 0.25) is 0 Å². The molecule has 1 aliphatic rings. The molecule has 0 aliphatic carbocycles. The highest BCUT2D eigenvalue weighted by Gasteiger charge is 2.18. The molecule has 1 saturated heterocycles. The van der Waals surface area contributed by atoms with Gasteiger partial charge in [-0.25, -0.2) is 0 Å². The first kappa shape index (κ1) is 7.76. The minimum atomic E-state index is -0.199. The van der Waals surface area contributed by atoms with Gasteiger partial charge in [-0.15, -0.1) is 0 Å². The van der Waals surface area contributed by atoms with E-state index >= 15 is 0 Å². The SMILES string of the molecule is O=C(Cl)CC1CCSS1. The zero-order chi connectivity index (χ0) is 6.69. The van der Waals surface area contributed by atoms with Crippen molar-refractivity contribution in [2.75, 3.05) is 5.75 Å². The Morgan fingerprint density at radius 2 is 2.56 bits per heavy atom. The van der Waals surface area contributed by atoms with Gasteiger partial charge >= 0.3 is 0 Å². The van der Waals surface area contributed by atoms with Gasteiger partial charge < -0.3 is 0 Å². The standard InChI is InChI=1S/C5H7ClOS2/c6-5(7)3-4-1-2-8-9-4/h4H,1-3H2. The van der Waals surface area contributed by atoms with Gasteiger partial charge in [0.05, 0.1) is 0 Å². The van der Waals surface area contributed by atoms with Gasteiger partial charge in [-0.3, -0.25) is 4.79 Å². The van der Waals surface area contributed by atoms with Crippen LogP contribution in [0.4, 0.5) is 0 Å². The summed E-state index contributed by atoms with van der Waals surface area (Å²) < 4.78 is 0. The molecule has 1 aliphatic heterocycles. The second-order valence-corrected chi connectivity index (χ2v) is 5.10. The van der Waals surface area contributed by atoms with E-state index in [0.29, 0.717) is 11.7 Å². The molecule has 0 N–H and O–H groups in total. The van der Waals surface area contributed by atoms with Crippen LogP contribution >= 0.6 is 33.2 Å². The summed E-state index contributed by atoms with van der Waals surface area (Å²) in [4.78, 5) is 10.3. The molecule has 9 heavy (non-hydrogen) atoms. The van der Waals surface area contributed by atoms with E-state index < -0.39 is 0 Å². The first-order valence-corrected chi connectivity index (χ1v) is 5.51. The van der Waals surface area contributed by atoms with Crippen molar-refractivity contribution in [3.63, 3.8) is 0 Å². The zero-order valence-electron chi connectivity index (χ0n) is 4.80. The van der Waals surface area contributed by atoms with Crippen LogP contribution in [0.15, 0.2) is 0 Å². The van der Waals surface area contributed by atoms with Crippen molar-refractivity contribution < 1.29 is 4.79 Å². The fourth-order valence-corrected chi connectivity index (χ4v) is 3.86. The van der Waals surface area contributed by atoms with Crippen molar-refractivity contribution in [2.45, 2.75) is 18.1 Å². The van der Waals surface area contributed by atoms with Crippen LogP contribution in [0.5, 0.6) is 0 Å². The first-order valence-electron chi connectivity index (χ1n) is 2.75. The number of hydrogen-bond acceptors (Lipinski definition) is 3. The number of halogens is 1. The van der Waals surface area contributed by atoms with Crippen LogP contribution in [0, 0.1) is 0 Å². The van der Waals surface area contributed by atoms with Gasteiger partial charge in [0, 0.05) is 17.4 Å². The Balaban J connectivity index is 2.19. The lowest BCUT2D eigenvalue weighted by Gasteiger charge is -1.99. The molecule has 52 valence electrons. The third-order valence-electron chi connectivity index (χ3n) is 1.12. The number of rotatable bonds is 2. The molecule has 0 aromatic heterocycles. The quantitative estimate of drug-likeness (QED) is 0.482. The fourth-order valence-electron chi connectivity index (χ4n) is 0.687. The molecule has 1 rings (SSSR count). The zero-order valence-corrected chi connectivity index (χ0v) is 7.19. The van der Waals surface area contributed by atoms with Crippen LogP contribution in [0.3, 0.4) is 0 Å². The van der Waals surface area contributed by atoms with E-state index in [1.807, 2.05) is 10.8 Å². The van der Waals surface area contributed by atoms with Crippen molar-refractivity contribution in [3.05, 3.63) is 0 Å². The second-order valence-electron chi connectivity index (χ2n) is 1.89. The highest BCUT2D eigenvalue weighted by Crippen LogP contribution is 2.39. The third kappa shape index (κ3) is 2.83. The smallest absolute Gasteiger partial charge is 0.222 e. The maximum Gasteiger partial charge on any atom is 0.222 e. The molecule has 0 radical (unpaired) electrons. The predicted octanol–water partition coefficient (Wildman–Crippen LogP) is 2.30. The van der Waals surface area contributed by atoms with E-state index in [9.17, 15) is 4.79 Å². The van der Waals surface area contributed by atoms with Crippen molar-refractivity contribution in [2.24, 2.45) is 0 Å². The predicted molar refractivity (Wildman–Crippen MR) is 43.9 cm³/mol. The minimum absolute atomic E-state index is 0.199. The Hall–Kier alpha value is 0.660. The summed E-state index contributed by atoms with van der Waals surface area (Å²) in [6, 6.07) is 0. The Morgan fingerprint density at radius 3 is 3.00 bits per heavy atom. The van der Waals surface area contributed by atoms with Gasteiger partial charge in [-0.1, -0.05) is 21.6 Å². The van der Waals surface area contributed by atoms with Crippen molar-refractivity contribution in [3.8, 4) is 0 Å². The highest BCUT2D eigenvalue weighted by atomic mass is 35.5. The Kier molecular flexibility index (Phi) is 3.22. The monoisotopic (exact) mass is 182 g/mol. The maximum absolute atomic E-state index is 10.3. The summed E-state index contributed by atoms with van der Waals surface area (Å²) in [5.74, 6) is 1.17. The van der Waals surface area contributed by atoms with E-state index in [-0.39, 0.29) is 5.24 Å². The van der Waals surface area contributed by atoms with Crippen molar-refractivity contribution in [1.82, 2.24) is 0 Å². The van der Waals surface area contributed by atoms with Crippen LogP contribution < -0.4 is 0 Å². The molecule has 4 heteroatoms. The number of carbonyl (C=O) groups excluding carboxylic acids is 1. The summed E-state index contributed by atoms with van der Waals surface area (Å²) in [7, 11) is 3.61. The van der Waals surface area contributed by atoms with E-state index in [4.69, 9.17) is 11.6 Å². The van der Waals surface area contributed by atoms with E-state index in [0.717, 1.165) is 6.42 Å². The summed E-state index contributed by atoms with van der Waals surface area (Å²) >= 11 is 5.20. The van der Waals surface area contributed by atoms with Gasteiger partial charge in [0.15, 0.2) is 0 Å². The van der Waals surface area contributed by atoms with Crippen LogP contribution in [-0.4, -0.2) is 16.2 Å². The average Bonchev–Trinajstić information content (AvgIpc) is 2.15. The largest absolute Gasteiger partial charge is 0.281 e. The Bertz CT molecular complexity index is 112. The van der Waals surface area contributed by atoms with E-state index in [1.54, 1.807) is 10.8 Å². The third-order valence-corrected chi connectivity index (χ3v) is 4.21.